The molecule has 1 aliphatic rings. The average Bonchev–Trinajstić information content (AvgIpc) is 2.98. The average molecular weight is 225 g/mol. The maximum absolute atomic E-state index is 11.6. The van der Waals surface area contributed by atoms with E-state index in [9.17, 15) is 4.79 Å². The van der Waals surface area contributed by atoms with Gasteiger partial charge in [0.15, 0.2) is 0 Å². The van der Waals surface area contributed by atoms with Crippen molar-refractivity contribution in [3.63, 3.8) is 0 Å². The molecule has 1 aromatic heterocycles. The lowest BCUT2D eigenvalue weighted by Gasteiger charge is -2.09. The van der Waals surface area contributed by atoms with Gasteiger partial charge in [0.2, 0.25) is 5.89 Å². The summed E-state index contributed by atoms with van der Waals surface area (Å²) in [6, 6.07) is 0. The summed E-state index contributed by atoms with van der Waals surface area (Å²) in [4.78, 5) is 17.7. The molecule has 1 heterocycles. The predicted octanol–water partition coefficient (Wildman–Crippen LogP) is 0.730. The number of hydrogen-bond acceptors (Lipinski definition) is 6. The van der Waals surface area contributed by atoms with Crippen LogP contribution in [-0.2, 0) is 14.9 Å². The summed E-state index contributed by atoms with van der Waals surface area (Å²) in [6.45, 7) is 2.77. The van der Waals surface area contributed by atoms with E-state index >= 15 is 0 Å². The zero-order valence-corrected chi connectivity index (χ0v) is 9.69. The summed E-state index contributed by atoms with van der Waals surface area (Å²) in [5, 5.41) is 3.84. The summed E-state index contributed by atoms with van der Waals surface area (Å²) in [6.07, 6.45) is 1.44. The number of ether oxygens (including phenoxy) is 1. The standard InChI is InChI=1S/C10H15N3O3/c1-4-13(2)9-11-7(16-12-9)10(5-6-10)8(14)15-3/h4-6H2,1-3H3. The van der Waals surface area contributed by atoms with Gasteiger partial charge in [-0.3, -0.25) is 4.79 Å². The van der Waals surface area contributed by atoms with Gasteiger partial charge in [-0.25, -0.2) is 0 Å². The number of hydrogen-bond donors (Lipinski definition) is 0. The molecule has 0 radical (unpaired) electrons. The topological polar surface area (TPSA) is 68.5 Å². The van der Waals surface area contributed by atoms with Crippen LogP contribution >= 0.6 is 0 Å². The van der Waals surface area contributed by atoms with E-state index in [-0.39, 0.29) is 5.97 Å². The fourth-order valence-electron chi connectivity index (χ4n) is 1.53. The highest BCUT2D eigenvalue weighted by Crippen LogP contribution is 2.48. The van der Waals surface area contributed by atoms with Crippen LogP contribution in [0.1, 0.15) is 25.7 Å². The molecule has 0 aliphatic heterocycles. The van der Waals surface area contributed by atoms with Gasteiger partial charge in [-0.15, -0.1) is 0 Å². The number of esters is 1. The largest absolute Gasteiger partial charge is 0.468 e. The van der Waals surface area contributed by atoms with Crippen LogP contribution in [-0.4, -0.2) is 36.8 Å². The molecule has 0 aromatic carbocycles. The molecule has 1 saturated carbocycles. The van der Waals surface area contributed by atoms with E-state index in [1.54, 1.807) is 0 Å². The fourth-order valence-corrected chi connectivity index (χ4v) is 1.53. The Balaban J connectivity index is 2.22. The van der Waals surface area contributed by atoms with Crippen molar-refractivity contribution in [3.05, 3.63) is 5.89 Å². The van der Waals surface area contributed by atoms with E-state index < -0.39 is 5.41 Å². The maximum atomic E-state index is 11.6. The van der Waals surface area contributed by atoms with Crippen molar-refractivity contribution in [1.82, 2.24) is 10.1 Å². The Bertz CT molecular complexity index is 398. The number of nitrogens with zero attached hydrogens (tertiary/aromatic N) is 3. The first-order chi connectivity index (χ1) is 7.64. The van der Waals surface area contributed by atoms with Crippen molar-refractivity contribution in [2.75, 3.05) is 25.6 Å². The molecule has 0 saturated heterocycles. The minimum atomic E-state index is -0.672. The van der Waals surface area contributed by atoms with Gasteiger partial charge in [-0.2, -0.15) is 4.98 Å². The van der Waals surface area contributed by atoms with Crippen molar-refractivity contribution >= 4 is 11.9 Å². The van der Waals surface area contributed by atoms with Gasteiger partial charge < -0.3 is 14.2 Å². The second-order valence-corrected chi connectivity index (χ2v) is 3.99. The Labute approximate surface area is 93.6 Å². The summed E-state index contributed by atoms with van der Waals surface area (Å²) in [5.41, 5.74) is -0.672. The van der Waals surface area contributed by atoms with E-state index in [0.29, 0.717) is 11.8 Å². The highest BCUT2D eigenvalue weighted by molar-refractivity contribution is 5.85. The number of anilines is 1. The van der Waals surface area contributed by atoms with E-state index in [1.807, 2.05) is 18.9 Å². The molecule has 16 heavy (non-hydrogen) atoms. The zero-order valence-electron chi connectivity index (χ0n) is 9.69. The van der Waals surface area contributed by atoms with Gasteiger partial charge in [0, 0.05) is 13.6 Å². The van der Waals surface area contributed by atoms with Crippen molar-refractivity contribution in [2.45, 2.75) is 25.2 Å². The SMILES string of the molecule is CCN(C)c1noc(C2(C(=O)OC)CC2)n1. The lowest BCUT2D eigenvalue weighted by Crippen LogP contribution is -2.23. The van der Waals surface area contributed by atoms with Crippen LogP contribution in [0.3, 0.4) is 0 Å². The molecule has 6 heteroatoms. The number of aromatic nitrogens is 2. The molecule has 1 aliphatic carbocycles. The third-order valence-corrected chi connectivity index (χ3v) is 2.97. The van der Waals surface area contributed by atoms with Gasteiger partial charge in [-0.1, -0.05) is 0 Å². The molecule has 0 bridgehead atoms. The van der Waals surface area contributed by atoms with Crippen molar-refractivity contribution in [2.24, 2.45) is 0 Å². The molecule has 0 amide bonds. The monoisotopic (exact) mass is 225 g/mol. The van der Waals surface area contributed by atoms with Crippen LogP contribution in [0.5, 0.6) is 0 Å². The lowest BCUT2D eigenvalue weighted by molar-refractivity contribution is -0.144. The Morgan fingerprint density at radius 2 is 2.31 bits per heavy atom. The minimum Gasteiger partial charge on any atom is -0.468 e. The Kier molecular flexibility index (Phi) is 2.57. The highest BCUT2D eigenvalue weighted by Gasteiger charge is 2.57. The third-order valence-electron chi connectivity index (χ3n) is 2.97. The Morgan fingerprint density at radius 3 is 2.81 bits per heavy atom. The first kappa shape index (κ1) is 10.9. The number of rotatable bonds is 4. The molecule has 0 N–H and O–H groups in total. The second kappa shape index (κ2) is 3.77. The molecule has 1 fully saturated rings. The molecular formula is C10H15N3O3. The van der Waals surface area contributed by atoms with Crippen LogP contribution in [0, 0.1) is 0 Å². The third kappa shape index (κ3) is 1.54. The molecule has 1 aromatic rings. The fraction of sp³-hybridized carbons (Fsp3) is 0.700. The van der Waals surface area contributed by atoms with E-state index in [2.05, 4.69) is 10.1 Å². The van der Waals surface area contributed by atoms with Gasteiger partial charge in [0.1, 0.15) is 5.41 Å². The molecule has 2 rings (SSSR count). The van der Waals surface area contributed by atoms with Crippen LogP contribution in [0.25, 0.3) is 0 Å². The predicted molar refractivity (Wildman–Crippen MR) is 56.2 cm³/mol. The zero-order chi connectivity index (χ0) is 11.8. The molecule has 88 valence electrons. The smallest absolute Gasteiger partial charge is 0.321 e. The quantitative estimate of drug-likeness (QED) is 0.704. The summed E-state index contributed by atoms with van der Waals surface area (Å²) in [5.74, 6) is 0.587. The number of carbonyl (C=O) groups is 1. The first-order valence-corrected chi connectivity index (χ1v) is 5.28. The highest BCUT2D eigenvalue weighted by atomic mass is 16.5. The summed E-state index contributed by atoms with van der Waals surface area (Å²) in [7, 11) is 3.24. The molecular weight excluding hydrogens is 210 g/mol. The van der Waals surface area contributed by atoms with Crippen LogP contribution in [0.15, 0.2) is 4.52 Å². The second-order valence-electron chi connectivity index (χ2n) is 3.99. The Morgan fingerprint density at radius 1 is 1.62 bits per heavy atom. The molecule has 6 nitrogen and oxygen atoms in total. The molecule has 0 atom stereocenters. The number of carbonyl (C=O) groups excluding carboxylic acids is 1. The van der Waals surface area contributed by atoms with Crippen molar-refractivity contribution in [1.29, 1.82) is 0 Å². The Hall–Kier alpha value is -1.59. The lowest BCUT2D eigenvalue weighted by atomic mass is 10.1. The van der Waals surface area contributed by atoms with Gasteiger partial charge in [0.25, 0.3) is 5.95 Å². The van der Waals surface area contributed by atoms with Gasteiger partial charge >= 0.3 is 5.97 Å². The van der Waals surface area contributed by atoms with Crippen LogP contribution in [0.4, 0.5) is 5.95 Å². The molecule has 0 spiro atoms. The summed E-state index contributed by atoms with van der Waals surface area (Å²) >= 11 is 0. The first-order valence-electron chi connectivity index (χ1n) is 5.28. The van der Waals surface area contributed by atoms with Gasteiger partial charge in [-0.05, 0) is 24.9 Å². The van der Waals surface area contributed by atoms with E-state index in [1.165, 1.54) is 7.11 Å². The van der Waals surface area contributed by atoms with Crippen molar-refractivity contribution < 1.29 is 14.1 Å². The normalized spacial score (nSPS) is 16.9. The van der Waals surface area contributed by atoms with Crippen LogP contribution < -0.4 is 4.90 Å². The van der Waals surface area contributed by atoms with Gasteiger partial charge in [0.05, 0.1) is 7.11 Å². The molecule has 0 unspecified atom stereocenters. The van der Waals surface area contributed by atoms with E-state index in [0.717, 1.165) is 19.4 Å². The van der Waals surface area contributed by atoms with Crippen molar-refractivity contribution in [3.8, 4) is 0 Å². The van der Waals surface area contributed by atoms with Crippen LogP contribution in [0.2, 0.25) is 0 Å². The number of methoxy groups -OCH3 is 1. The van der Waals surface area contributed by atoms with E-state index in [4.69, 9.17) is 9.26 Å². The summed E-state index contributed by atoms with van der Waals surface area (Å²) < 4.78 is 9.88. The minimum absolute atomic E-state index is 0.290. The maximum Gasteiger partial charge on any atom is 0.321 e.